The second-order valence-corrected chi connectivity index (χ2v) is 6.48. The minimum absolute atomic E-state index is 0. The van der Waals surface area contributed by atoms with Crippen molar-refractivity contribution >= 4 is 29.9 Å². The first-order chi connectivity index (χ1) is 11.5. The van der Waals surface area contributed by atoms with Crippen LogP contribution in [0.5, 0.6) is 0 Å². The molecule has 0 aromatic heterocycles. The van der Waals surface area contributed by atoms with Crippen LogP contribution in [0.1, 0.15) is 39.2 Å². The maximum absolute atomic E-state index is 13.7. The molecule has 1 heterocycles. The fourth-order valence-electron chi connectivity index (χ4n) is 2.90. The Morgan fingerprint density at radius 1 is 1.28 bits per heavy atom. The highest BCUT2D eigenvalue weighted by atomic mass is 127. The summed E-state index contributed by atoms with van der Waals surface area (Å²) < 4.78 is 26.9. The fraction of sp³-hybridized carbons (Fsp3) is 0.611. The van der Waals surface area contributed by atoms with Gasteiger partial charge in [0.25, 0.3) is 0 Å². The van der Waals surface area contributed by atoms with Gasteiger partial charge in [-0.2, -0.15) is 0 Å². The Balaban J connectivity index is 0.00000312. The number of nitrogens with zero attached hydrogens (tertiary/aromatic N) is 2. The number of halogens is 3. The second-order valence-electron chi connectivity index (χ2n) is 6.48. The molecule has 1 aliphatic rings. The van der Waals surface area contributed by atoms with Crippen molar-refractivity contribution in [2.45, 2.75) is 52.2 Å². The van der Waals surface area contributed by atoms with Gasteiger partial charge >= 0.3 is 0 Å². The summed E-state index contributed by atoms with van der Waals surface area (Å²) in [5.41, 5.74) is 0.266. The number of hydrogen-bond acceptors (Lipinski definition) is 2. The van der Waals surface area contributed by atoms with Gasteiger partial charge in [0.2, 0.25) is 0 Å². The smallest absolute Gasteiger partial charge is 0.191 e. The van der Waals surface area contributed by atoms with Crippen LogP contribution in [-0.4, -0.2) is 42.6 Å². The van der Waals surface area contributed by atoms with Crippen LogP contribution in [0.4, 0.5) is 8.78 Å². The van der Waals surface area contributed by atoms with Crippen molar-refractivity contribution in [3.05, 3.63) is 35.4 Å². The largest absolute Gasteiger partial charge is 0.357 e. The third-order valence-electron chi connectivity index (χ3n) is 4.36. The Bertz CT molecular complexity index is 558. The predicted octanol–water partition coefficient (Wildman–Crippen LogP) is 3.51. The zero-order chi connectivity index (χ0) is 17.5. The lowest BCUT2D eigenvalue weighted by atomic mass is 10.0. The molecule has 2 N–H and O–H groups in total. The van der Waals surface area contributed by atoms with Crippen molar-refractivity contribution in [1.29, 1.82) is 0 Å². The molecular formula is C18H29F2IN4. The van der Waals surface area contributed by atoms with Gasteiger partial charge in [-0.25, -0.2) is 13.8 Å². The Hall–Kier alpha value is -0.960. The summed E-state index contributed by atoms with van der Waals surface area (Å²) in [4.78, 5) is 6.87. The minimum Gasteiger partial charge on any atom is -0.357 e. The van der Waals surface area contributed by atoms with E-state index >= 15 is 0 Å². The zero-order valence-corrected chi connectivity index (χ0v) is 17.5. The minimum atomic E-state index is -0.444. The lowest BCUT2D eigenvalue weighted by molar-refractivity contribution is 0.167. The number of aliphatic imine (C=N–C) groups is 1. The van der Waals surface area contributed by atoms with Gasteiger partial charge in [-0.15, -0.1) is 24.0 Å². The van der Waals surface area contributed by atoms with Gasteiger partial charge in [0.15, 0.2) is 5.96 Å². The van der Waals surface area contributed by atoms with Crippen LogP contribution in [0.15, 0.2) is 23.2 Å². The second kappa shape index (κ2) is 10.9. The normalized spacial score (nSPS) is 16.6. The lowest BCUT2D eigenvalue weighted by Crippen LogP contribution is -2.49. The molecule has 25 heavy (non-hydrogen) atoms. The van der Waals surface area contributed by atoms with E-state index in [0.29, 0.717) is 18.0 Å². The van der Waals surface area contributed by atoms with Gasteiger partial charge in [0, 0.05) is 37.3 Å². The number of rotatable bonds is 5. The van der Waals surface area contributed by atoms with Gasteiger partial charge in [-0.05, 0) is 51.8 Å². The Labute approximate surface area is 166 Å². The number of likely N-dealkylation sites (tertiary alicyclic amines) is 1. The Morgan fingerprint density at radius 2 is 1.96 bits per heavy atom. The summed E-state index contributed by atoms with van der Waals surface area (Å²) in [6.07, 6.45) is 2.11. The fourth-order valence-corrected chi connectivity index (χ4v) is 2.90. The van der Waals surface area contributed by atoms with Crippen molar-refractivity contribution in [1.82, 2.24) is 15.5 Å². The Morgan fingerprint density at radius 3 is 2.56 bits per heavy atom. The van der Waals surface area contributed by atoms with Gasteiger partial charge < -0.3 is 15.5 Å². The van der Waals surface area contributed by atoms with Gasteiger partial charge in [-0.3, -0.25) is 0 Å². The molecule has 1 fully saturated rings. The molecule has 0 amide bonds. The molecule has 1 aromatic rings. The van der Waals surface area contributed by atoms with Crippen LogP contribution < -0.4 is 10.6 Å². The molecule has 142 valence electrons. The number of guanidine groups is 1. The molecule has 1 saturated heterocycles. The molecule has 1 aliphatic heterocycles. The van der Waals surface area contributed by atoms with E-state index in [9.17, 15) is 8.78 Å². The monoisotopic (exact) mass is 466 g/mol. The van der Waals surface area contributed by atoms with Gasteiger partial charge in [0.1, 0.15) is 11.6 Å². The molecular weight excluding hydrogens is 437 g/mol. The molecule has 4 nitrogen and oxygen atoms in total. The SMILES string of the molecule is CCNC(=NCc1cc(F)ccc1F)NC1CCN(C(C)C)CC1.I. The zero-order valence-electron chi connectivity index (χ0n) is 15.2. The highest BCUT2D eigenvalue weighted by molar-refractivity contribution is 14.0. The molecule has 0 atom stereocenters. The molecule has 0 saturated carbocycles. The van der Waals surface area contributed by atoms with Crippen LogP contribution in [0.25, 0.3) is 0 Å². The molecule has 0 unspecified atom stereocenters. The summed E-state index contributed by atoms with van der Waals surface area (Å²) >= 11 is 0. The number of benzene rings is 1. The van der Waals surface area contributed by atoms with E-state index in [1.165, 1.54) is 6.07 Å². The van der Waals surface area contributed by atoms with Gasteiger partial charge in [-0.1, -0.05) is 0 Å². The number of hydrogen-bond donors (Lipinski definition) is 2. The molecule has 0 spiro atoms. The van der Waals surface area contributed by atoms with Crippen molar-refractivity contribution in [2.75, 3.05) is 19.6 Å². The van der Waals surface area contributed by atoms with E-state index in [4.69, 9.17) is 0 Å². The van der Waals surface area contributed by atoms with Crippen LogP contribution in [-0.2, 0) is 6.54 Å². The molecule has 0 radical (unpaired) electrons. The average molecular weight is 466 g/mol. The number of piperidine rings is 1. The van der Waals surface area contributed by atoms with Crippen LogP contribution in [0.3, 0.4) is 0 Å². The molecule has 0 bridgehead atoms. The quantitative estimate of drug-likeness (QED) is 0.397. The summed E-state index contributed by atoms with van der Waals surface area (Å²) in [6.45, 7) is 9.38. The van der Waals surface area contributed by atoms with Crippen LogP contribution >= 0.6 is 24.0 Å². The molecule has 1 aromatic carbocycles. The van der Waals surface area contributed by atoms with Gasteiger partial charge in [0.05, 0.1) is 6.54 Å². The predicted molar refractivity (Wildman–Crippen MR) is 109 cm³/mol. The molecule has 2 rings (SSSR count). The summed E-state index contributed by atoms with van der Waals surface area (Å²) in [5.74, 6) is -0.217. The van der Waals surface area contributed by atoms with Crippen LogP contribution in [0, 0.1) is 11.6 Å². The number of nitrogens with one attached hydrogen (secondary N) is 2. The van der Waals surface area contributed by atoms with E-state index in [0.717, 1.165) is 44.6 Å². The summed E-state index contributed by atoms with van der Waals surface area (Å²) in [6, 6.07) is 4.39. The first-order valence-corrected chi connectivity index (χ1v) is 8.72. The summed E-state index contributed by atoms with van der Waals surface area (Å²) in [5, 5.41) is 6.59. The first-order valence-electron chi connectivity index (χ1n) is 8.72. The standard InChI is InChI=1S/C18H28F2N4.HI/c1-4-21-18(22-12-14-11-15(19)5-6-17(14)20)23-16-7-9-24(10-8-16)13(2)3;/h5-6,11,13,16H,4,7-10,12H2,1-3H3,(H2,21,22,23);1H. The third-order valence-corrected chi connectivity index (χ3v) is 4.36. The Kier molecular flexibility index (Phi) is 9.63. The van der Waals surface area contributed by atoms with E-state index in [2.05, 4.69) is 34.4 Å². The molecule has 7 heteroatoms. The van der Waals surface area contributed by atoms with E-state index in [-0.39, 0.29) is 36.1 Å². The highest BCUT2D eigenvalue weighted by Gasteiger charge is 2.21. The average Bonchev–Trinajstić information content (AvgIpc) is 2.56. The van der Waals surface area contributed by atoms with Crippen LogP contribution in [0.2, 0.25) is 0 Å². The highest BCUT2D eigenvalue weighted by Crippen LogP contribution is 2.13. The topological polar surface area (TPSA) is 39.7 Å². The van der Waals surface area contributed by atoms with E-state index in [1.807, 2.05) is 6.92 Å². The first kappa shape index (κ1) is 22.1. The van der Waals surface area contributed by atoms with Crippen molar-refractivity contribution < 1.29 is 8.78 Å². The summed E-state index contributed by atoms with van der Waals surface area (Å²) in [7, 11) is 0. The van der Waals surface area contributed by atoms with E-state index < -0.39 is 11.6 Å². The van der Waals surface area contributed by atoms with Crippen molar-refractivity contribution in [3.63, 3.8) is 0 Å². The van der Waals surface area contributed by atoms with Crippen molar-refractivity contribution in [2.24, 2.45) is 4.99 Å². The third kappa shape index (κ3) is 7.05. The van der Waals surface area contributed by atoms with Crippen molar-refractivity contribution in [3.8, 4) is 0 Å². The maximum atomic E-state index is 13.7. The maximum Gasteiger partial charge on any atom is 0.191 e. The molecule has 0 aliphatic carbocycles. The van der Waals surface area contributed by atoms with E-state index in [1.54, 1.807) is 0 Å². The lowest BCUT2D eigenvalue weighted by Gasteiger charge is -2.35.